The summed E-state index contributed by atoms with van der Waals surface area (Å²) in [6, 6.07) is 0.337. The van der Waals surface area contributed by atoms with E-state index in [1.54, 1.807) is 14.0 Å². The number of hydrogen-bond donors (Lipinski definition) is 2. The van der Waals surface area contributed by atoms with Gasteiger partial charge in [-0.05, 0) is 52.0 Å². The smallest absolute Gasteiger partial charge is 0.234 e. The predicted octanol–water partition coefficient (Wildman–Crippen LogP) is 1.25. The topological polar surface area (TPSA) is 58.2 Å². The van der Waals surface area contributed by atoms with Crippen LogP contribution in [0.4, 0.5) is 0 Å². The van der Waals surface area contributed by atoms with Gasteiger partial charge in [-0.15, -0.1) is 0 Å². The molecule has 1 amide bonds. The van der Waals surface area contributed by atoms with Crippen LogP contribution in [-0.4, -0.2) is 31.3 Å². The maximum Gasteiger partial charge on any atom is 0.234 e. The summed E-state index contributed by atoms with van der Waals surface area (Å²) in [5.74, 6) is 1.05. The lowest BCUT2D eigenvalue weighted by atomic mass is 9.83. The monoisotopic (exact) mass is 240 g/mol. The van der Waals surface area contributed by atoms with Crippen molar-refractivity contribution in [1.82, 2.24) is 10.6 Å². The molecule has 0 radical (unpaired) electrons. The van der Waals surface area contributed by atoms with E-state index in [9.17, 15) is 9.59 Å². The first-order valence-electron chi connectivity index (χ1n) is 6.55. The van der Waals surface area contributed by atoms with Crippen molar-refractivity contribution in [2.45, 2.75) is 51.5 Å². The number of likely N-dealkylation sites (N-methyl/N-ethyl adjacent to an activating group) is 1. The lowest BCUT2D eigenvalue weighted by Gasteiger charge is -2.29. The van der Waals surface area contributed by atoms with E-state index < -0.39 is 0 Å². The summed E-state index contributed by atoms with van der Waals surface area (Å²) in [6.45, 7) is 2.05. The fraction of sp³-hybridized carbons (Fsp3) is 0.846. The van der Waals surface area contributed by atoms with E-state index in [0.717, 1.165) is 32.1 Å². The van der Waals surface area contributed by atoms with E-state index in [1.807, 2.05) is 0 Å². The van der Waals surface area contributed by atoms with Crippen molar-refractivity contribution in [3.63, 3.8) is 0 Å². The van der Waals surface area contributed by atoms with Crippen molar-refractivity contribution >= 4 is 11.7 Å². The molecule has 0 heterocycles. The van der Waals surface area contributed by atoms with Gasteiger partial charge in [0.1, 0.15) is 5.78 Å². The summed E-state index contributed by atoms with van der Waals surface area (Å²) in [6.07, 6.45) is 6.11. The Bertz CT molecular complexity index is 258. The van der Waals surface area contributed by atoms with Crippen molar-refractivity contribution in [3.05, 3.63) is 0 Å². The minimum absolute atomic E-state index is 0.0830. The highest BCUT2D eigenvalue weighted by Crippen LogP contribution is 2.27. The van der Waals surface area contributed by atoms with Crippen LogP contribution in [0.25, 0.3) is 0 Å². The zero-order valence-electron chi connectivity index (χ0n) is 10.9. The summed E-state index contributed by atoms with van der Waals surface area (Å²) in [5, 5.41) is 5.89. The maximum atomic E-state index is 11.4. The molecule has 1 aliphatic rings. The molecule has 1 aliphatic carbocycles. The first-order chi connectivity index (χ1) is 8.11. The Labute approximate surface area is 104 Å². The molecule has 1 rings (SSSR count). The highest BCUT2D eigenvalue weighted by Gasteiger charge is 2.22. The lowest BCUT2D eigenvalue weighted by Crippen LogP contribution is -2.41. The number of carbonyl (C=O) groups excluding carboxylic acids is 2. The minimum atomic E-state index is 0.0830. The molecule has 0 saturated heterocycles. The number of ketones is 1. The van der Waals surface area contributed by atoms with Crippen molar-refractivity contribution < 1.29 is 9.59 Å². The molecule has 0 aromatic carbocycles. The zero-order chi connectivity index (χ0) is 12.7. The number of amides is 1. The fourth-order valence-corrected chi connectivity index (χ4v) is 2.44. The third kappa shape index (κ3) is 5.82. The lowest BCUT2D eigenvalue weighted by molar-refractivity contribution is -0.121. The maximum absolute atomic E-state index is 11.4. The molecule has 98 valence electrons. The zero-order valence-corrected chi connectivity index (χ0v) is 10.9. The Morgan fingerprint density at radius 3 is 2.35 bits per heavy atom. The van der Waals surface area contributed by atoms with Gasteiger partial charge in [-0.3, -0.25) is 4.79 Å². The second-order valence-electron chi connectivity index (χ2n) is 5.06. The number of carbonyl (C=O) groups is 2. The Morgan fingerprint density at radius 1 is 1.18 bits per heavy atom. The first-order valence-corrected chi connectivity index (χ1v) is 6.55. The molecule has 4 nitrogen and oxygen atoms in total. The Kier molecular flexibility index (Phi) is 6.19. The van der Waals surface area contributed by atoms with Gasteiger partial charge in [-0.1, -0.05) is 0 Å². The Hall–Kier alpha value is -0.900. The van der Waals surface area contributed by atoms with Gasteiger partial charge in [0, 0.05) is 12.5 Å². The molecule has 0 aromatic heterocycles. The third-order valence-corrected chi connectivity index (χ3v) is 3.45. The Morgan fingerprint density at radius 2 is 1.82 bits per heavy atom. The standard InChI is InChI=1S/C13H24N2O2/c1-10(16)3-4-11-5-7-12(8-6-11)15-13(17)9-14-2/h11-12,14H,3-9H2,1-2H3,(H,15,17). The number of nitrogens with one attached hydrogen (secondary N) is 2. The quantitative estimate of drug-likeness (QED) is 0.734. The van der Waals surface area contributed by atoms with Gasteiger partial charge < -0.3 is 15.4 Å². The first kappa shape index (κ1) is 14.2. The van der Waals surface area contributed by atoms with Crippen LogP contribution in [0.3, 0.4) is 0 Å². The average Bonchev–Trinajstić information content (AvgIpc) is 2.28. The SMILES string of the molecule is CNCC(=O)NC1CCC(CCC(C)=O)CC1. The fourth-order valence-electron chi connectivity index (χ4n) is 2.44. The summed E-state index contributed by atoms with van der Waals surface area (Å²) >= 11 is 0. The van der Waals surface area contributed by atoms with Crippen LogP contribution in [-0.2, 0) is 9.59 Å². The molecule has 0 spiro atoms. The number of rotatable bonds is 6. The van der Waals surface area contributed by atoms with Gasteiger partial charge in [-0.25, -0.2) is 0 Å². The van der Waals surface area contributed by atoms with Crippen LogP contribution in [0.5, 0.6) is 0 Å². The van der Waals surface area contributed by atoms with Gasteiger partial charge in [0.05, 0.1) is 6.54 Å². The normalized spacial score (nSPS) is 24.4. The molecular formula is C13H24N2O2. The molecule has 17 heavy (non-hydrogen) atoms. The molecule has 2 N–H and O–H groups in total. The summed E-state index contributed by atoms with van der Waals surface area (Å²) in [4.78, 5) is 22.3. The molecule has 0 bridgehead atoms. The number of Topliss-reactive ketones (excluding diaryl/α,β-unsaturated/α-hetero) is 1. The van der Waals surface area contributed by atoms with E-state index in [2.05, 4.69) is 10.6 Å². The number of hydrogen-bond acceptors (Lipinski definition) is 3. The van der Waals surface area contributed by atoms with Crippen LogP contribution in [0.15, 0.2) is 0 Å². The van der Waals surface area contributed by atoms with Crippen molar-refractivity contribution in [1.29, 1.82) is 0 Å². The van der Waals surface area contributed by atoms with Gasteiger partial charge >= 0.3 is 0 Å². The van der Waals surface area contributed by atoms with Crippen molar-refractivity contribution in [3.8, 4) is 0 Å². The van der Waals surface area contributed by atoms with Crippen LogP contribution in [0.2, 0.25) is 0 Å². The molecule has 1 fully saturated rings. The summed E-state index contributed by atoms with van der Waals surface area (Å²) in [7, 11) is 1.78. The van der Waals surface area contributed by atoms with E-state index in [4.69, 9.17) is 0 Å². The molecule has 0 aromatic rings. The van der Waals surface area contributed by atoms with Crippen LogP contribution in [0.1, 0.15) is 45.4 Å². The molecule has 0 aliphatic heterocycles. The van der Waals surface area contributed by atoms with E-state index in [0.29, 0.717) is 24.9 Å². The van der Waals surface area contributed by atoms with E-state index in [1.165, 1.54) is 0 Å². The molecule has 0 atom stereocenters. The van der Waals surface area contributed by atoms with E-state index in [-0.39, 0.29) is 11.7 Å². The van der Waals surface area contributed by atoms with Crippen LogP contribution >= 0.6 is 0 Å². The Balaban J connectivity index is 2.17. The minimum Gasteiger partial charge on any atom is -0.352 e. The van der Waals surface area contributed by atoms with Gasteiger partial charge in [0.2, 0.25) is 5.91 Å². The average molecular weight is 240 g/mol. The van der Waals surface area contributed by atoms with Crippen molar-refractivity contribution in [2.75, 3.05) is 13.6 Å². The molecular weight excluding hydrogens is 216 g/mol. The van der Waals surface area contributed by atoms with Gasteiger partial charge in [0.25, 0.3) is 0 Å². The van der Waals surface area contributed by atoms with E-state index >= 15 is 0 Å². The van der Waals surface area contributed by atoms with Gasteiger partial charge in [0.15, 0.2) is 0 Å². The van der Waals surface area contributed by atoms with Crippen molar-refractivity contribution in [2.24, 2.45) is 5.92 Å². The molecule has 4 heteroatoms. The van der Waals surface area contributed by atoms with Gasteiger partial charge in [-0.2, -0.15) is 0 Å². The van der Waals surface area contributed by atoms with Crippen LogP contribution < -0.4 is 10.6 Å². The molecule has 1 saturated carbocycles. The predicted molar refractivity (Wildman–Crippen MR) is 67.7 cm³/mol. The highest BCUT2D eigenvalue weighted by molar-refractivity contribution is 5.78. The van der Waals surface area contributed by atoms with Crippen LogP contribution in [0, 0.1) is 5.92 Å². The summed E-state index contributed by atoms with van der Waals surface area (Å²) < 4.78 is 0. The second-order valence-corrected chi connectivity index (χ2v) is 5.06. The largest absolute Gasteiger partial charge is 0.352 e. The third-order valence-electron chi connectivity index (χ3n) is 3.45. The highest BCUT2D eigenvalue weighted by atomic mass is 16.2. The summed E-state index contributed by atoms with van der Waals surface area (Å²) in [5.41, 5.74) is 0. The molecule has 0 unspecified atom stereocenters. The second kappa shape index (κ2) is 7.43.